The molecule has 0 spiro atoms. The number of nitrogens with zero attached hydrogens (tertiary/aromatic N) is 1. The number of alkyl halides is 3. The maximum atomic E-state index is 12.5. The summed E-state index contributed by atoms with van der Waals surface area (Å²) in [5, 5.41) is 20.1. The number of hydrogen-bond acceptors (Lipinski definition) is 3. The molecule has 1 saturated carbocycles. The Morgan fingerprint density at radius 1 is 1.14 bits per heavy atom. The Hall–Kier alpha value is -1.11. The smallest absolute Gasteiger partial charge is 0.393 e. The standard InChI is InChI=1S/C16H20F3NO2/c17-16(18,19)12-4-1-10(2-5-12)15(22)9-20-7-11-3-6-14(21)13(11)8-20/h1-2,4-5,11,13-15,21-22H,3,6-9H2/t11-,13+,14-,15-/m0/s1. The summed E-state index contributed by atoms with van der Waals surface area (Å²) in [5.41, 5.74) is -0.215. The van der Waals surface area contributed by atoms with E-state index in [1.54, 1.807) is 0 Å². The molecular weight excluding hydrogens is 295 g/mol. The Labute approximate surface area is 127 Å². The number of rotatable bonds is 3. The third-order valence-corrected chi connectivity index (χ3v) is 4.95. The van der Waals surface area contributed by atoms with Gasteiger partial charge in [0.2, 0.25) is 0 Å². The number of aliphatic hydroxyl groups is 2. The van der Waals surface area contributed by atoms with Gasteiger partial charge in [-0.1, -0.05) is 12.1 Å². The van der Waals surface area contributed by atoms with Crippen molar-refractivity contribution < 1.29 is 23.4 Å². The zero-order valence-corrected chi connectivity index (χ0v) is 12.1. The van der Waals surface area contributed by atoms with Crippen LogP contribution in [-0.4, -0.2) is 40.9 Å². The van der Waals surface area contributed by atoms with Crippen LogP contribution in [0.3, 0.4) is 0 Å². The summed E-state index contributed by atoms with van der Waals surface area (Å²) in [6.07, 6.45) is -3.55. The van der Waals surface area contributed by atoms with Gasteiger partial charge in [0.1, 0.15) is 0 Å². The first-order valence-electron chi connectivity index (χ1n) is 7.60. The zero-order valence-electron chi connectivity index (χ0n) is 12.1. The van der Waals surface area contributed by atoms with E-state index in [0.29, 0.717) is 18.0 Å². The molecule has 2 aliphatic rings. The van der Waals surface area contributed by atoms with Gasteiger partial charge in [-0.05, 0) is 36.5 Å². The van der Waals surface area contributed by atoms with Crippen LogP contribution >= 0.6 is 0 Å². The lowest BCUT2D eigenvalue weighted by Crippen LogP contribution is -2.29. The SMILES string of the molecule is O[C@@H](CN1C[C@@H]2CC[C@H](O)[C@@H]2C1)c1ccc(C(F)(F)F)cc1. The second-order valence-electron chi connectivity index (χ2n) is 6.42. The van der Waals surface area contributed by atoms with Crippen molar-refractivity contribution in [3.05, 3.63) is 35.4 Å². The number of fused-ring (bicyclic) bond motifs is 1. The lowest BCUT2D eigenvalue weighted by molar-refractivity contribution is -0.137. The highest BCUT2D eigenvalue weighted by Gasteiger charge is 2.42. The topological polar surface area (TPSA) is 43.7 Å². The van der Waals surface area contributed by atoms with Crippen molar-refractivity contribution in [3.8, 4) is 0 Å². The lowest BCUT2D eigenvalue weighted by Gasteiger charge is -2.22. The van der Waals surface area contributed by atoms with Gasteiger partial charge in [0.05, 0.1) is 17.8 Å². The minimum atomic E-state index is -4.36. The van der Waals surface area contributed by atoms with Gasteiger partial charge in [-0.2, -0.15) is 13.2 Å². The number of aliphatic hydroxyl groups excluding tert-OH is 2. The predicted molar refractivity (Wildman–Crippen MR) is 75.1 cm³/mol. The second-order valence-corrected chi connectivity index (χ2v) is 6.42. The van der Waals surface area contributed by atoms with Crippen molar-refractivity contribution >= 4 is 0 Å². The van der Waals surface area contributed by atoms with Crippen LogP contribution in [-0.2, 0) is 6.18 Å². The monoisotopic (exact) mass is 315 g/mol. The van der Waals surface area contributed by atoms with Gasteiger partial charge in [0.15, 0.2) is 0 Å². The molecule has 3 nitrogen and oxygen atoms in total. The Balaban J connectivity index is 1.59. The Morgan fingerprint density at radius 3 is 2.41 bits per heavy atom. The van der Waals surface area contributed by atoms with Crippen molar-refractivity contribution in [1.82, 2.24) is 4.90 Å². The van der Waals surface area contributed by atoms with E-state index in [4.69, 9.17) is 0 Å². The first-order chi connectivity index (χ1) is 10.3. The Bertz CT molecular complexity index is 517. The fourth-order valence-electron chi connectivity index (χ4n) is 3.72. The molecule has 2 fully saturated rings. The summed E-state index contributed by atoms with van der Waals surface area (Å²) < 4.78 is 37.6. The van der Waals surface area contributed by atoms with Crippen molar-refractivity contribution in [1.29, 1.82) is 0 Å². The molecule has 1 aromatic carbocycles. The highest BCUT2D eigenvalue weighted by atomic mass is 19.4. The Morgan fingerprint density at radius 2 is 1.82 bits per heavy atom. The minimum absolute atomic E-state index is 0.252. The van der Waals surface area contributed by atoms with E-state index in [1.165, 1.54) is 12.1 Å². The van der Waals surface area contributed by atoms with E-state index in [-0.39, 0.29) is 12.0 Å². The molecule has 22 heavy (non-hydrogen) atoms. The van der Waals surface area contributed by atoms with Gasteiger partial charge in [-0.3, -0.25) is 4.90 Å². The molecule has 0 amide bonds. The molecule has 0 bridgehead atoms. The summed E-state index contributed by atoms with van der Waals surface area (Å²) in [5.74, 6) is 0.759. The highest BCUT2D eigenvalue weighted by molar-refractivity contribution is 5.26. The van der Waals surface area contributed by atoms with Gasteiger partial charge >= 0.3 is 6.18 Å². The Kier molecular flexibility index (Phi) is 4.18. The minimum Gasteiger partial charge on any atom is -0.393 e. The van der Waals surface area contributed by atoms with Crippen LogP contribution in [0.1, 0.15) is 30.1 Å². The number of halogens is 3. The predicted octanol–water partition coefficient (Wildman–Crippen LogP) is 2.44. The molecule has 122 valence electrons. The summed E-state index contributed by atoms with van der Waals surface area (Å²) in [6.45, 7) is 1.99. The van der Waals surface area contributed by atoms with Gasteiger partial charge in [0.25, 0.3) is 0 Å². The van der Waals surface area contributed by atoms with E-state index in [2.05, 4.69) is 4.90 Å². The normalized spacial score (nSPS) is 30.5. The van der Waals surface area contributed by atoms with Crippen molar-refractivity contribution in [2.24, 2.45) is 11.8 Å². The van der Waals surface area contributed by atoms with E-state index >= 15 is 0 Å². The van der Waals surface area contributed by atoms with Gasteiger partial charge in [-0.15, -0.1) is 0 Å². The first kappa shape index (κ1) is 15.8. The maximum Gasteiger partial charge on any atom is 0.416 e. The van der Waals surface area contributed by atoms with Crippen LogP contribution in [0.25, 0.3) is 0 Å². The molecule has 1 heterocycles. The van der Waals surface area contributed by atoms with Crippen LogP contribution in [0.2, 0.25) is 0 Å². The molecule has 6 heteroatoms. The van der Waals surface area contributed by atoms with Crippen molar-refractivity contribution in [3.63, 3.8) is 0 Å². The fourth-order valence-corrected chi connectivity index (χ4v) is 3.72. The summed E-state index contributed by atoms with van der Waals surface area (Å²) in [7, 11) is 0. The van der Waals surface area contributed by atoms with Crippen molar-refractivity contribution in [2.45, 2.75) is 31.2 Å². The van der Waals surface area contributed by atoms with Crippen LogP contribution in [0.4, 0.5) is 13.2 Å². The molecule has 2 N–H and O–H groups in total. The van der Waals surface area contributed by atoms with Crippen LogP contribution in [0.15, 0.2) is 24.3 Å². The number of likely N-dealkylation sites (tertiary alicyclic amines) is 1. The van der Waals surface area contributed by atoms with Gasteiger partial charge in [-0.25, -0.2) is 0 Å². The third-order valence-electron chi connectivity index (χ3n) is 4.95. The average Bonchev–Trinajstić information content (AvgIpc) is 3.00. The lowest BCUT2D eigenvalue weighted by atomic mass is 10.00. The first-order valence-corrected chi connectivity index (χ1v) is 7.60. The van der Waals surface area contributed by atoms with Crippen LogP contribution in [0, 0.1) is 11.8 Å². The quantitative estimate of drug-likeness (QED) is 0.900. The maximum absolute atomic E-state index is 12.5. The molecule has 1 aliphatic heterocycles. The molecule has 0 radical (unpaired) electrons. The third kappa shape index (κ3) is 3.14. The second kappa shape index (κ2) is 5.83. The molecule has 3 rings (SSSR count). The molecule has 1 saturated heterocycles. The fraction of sp³-hybridized carbons (Fsp3) is 0.625. The van der Waals surface area contributed by atoms with Crippen LogP contribution < -0.4 is 0 Å². The molecule has 1 aromatic rings. The summed E-state index contributed by atoms with van der Waals surface area (Å²) >= 11 is 0. The van der Waals surface area contributed by atoms with E-state index < -0.39 is 17.8 Å². The van der Waals surface area contributed by atoms with E-state index in [9.17, 15) is 23.4 Å². The van der Waals surface area contributed by atoms with Crippen molar-refractivity contribution in [2.75, 3.05) is 19.6 Å². The van der Waals surface area contributed by atoms with E-state index in [1.807, 2.05) is 0 Å². The molecule has 0 unspecified atom stereocenters. The largest absolute Gasteiger partial charge is 0.416 e. The molecular formula is C16H20F3NO2. The summed E-state index contributed by atoms with van der Waals surface area (Å²) in [4.78, 5) is 2.10. The highest BCUT2D eigenvalue weighted by Crippen LogP contribution is 2.38. The number of hydrogen-bond donors (Lipinski definition) is 2. The van der Waals surface area contributed by atoms with Gasteiger partial charge in [0, 0.05) is 25.6 Å². The summed E-state index contributed by atoms with van der Waals surface area (Å²) in [6, 6.07) is 4.67. The average molecular weight is 315 g/mol. The van der Waals surface area contributed by atoms with E-state index in [0.717, 1.165) is 38.1 Å². The molecule has 0 aromatic heterocycles. The molecule has 1 aliphatic carbocycles. The van der Waals surface area contributed by atoms with Gasteiger partial charge < -0.3 is 10.2 Å². The molecule has 4 atom stereocenters. The zero-order chi connectivity index (χ0) is 15.9. The number of β-amino-alcohol motifs (C(OH)–C–C–N with tert-alkyl or cyclic N) is 1. The van der Waals surface area contributed by atoms with Crippen LogP contribution in [0.5, 0.6) is 0 Å². The number of benzene rings is 1.